The average molecular weight is 415 g/mol. The summed E-state index contributed by atoms with van der Waals surface area (Å²) in [5.41, 5.74) is 0.993. The average Bonchev–Trinajstić information content (AvgIpc) is 3.27. The zero-order chi connectivity index (χ0) is 21.8. The smallest absolute Gasteiger partial charge is 0.291 e. The van der Waals surface area contributed by atoms with Gasteiger partial charge in [0.25, 0.3) is 5.91 Å². The molecule has 1 aromatic heterocycles. The first-order valence-corrected chi connectivity index (χ1v) is 10.7. The van der Waals surface area contributed by atoms with Crippen LogP contribution in [0.25, 0.3) is 0 Å². The summed E-state index contributed by atoms with van der Waals surface area (Å²) in [7, 11) is 0. The number of hydrogen-bond donors (Lipinski definition) is 4. The van der Waals surface area contributed by atoms with E-state index < -0.39 is 5.60 Å². The summed E-state index contributed by atoms with van der Waals surface area (Å²) < 4.78 is 5.09. The summed E-state index contributed by atoms with van der Waals surface area (Å²) in [5.74, 6) is 0.672. The lowest BCUT2D eigenvalue weighted by atomic mass is 9.93. The molecule has 0 aliphatic carbocycles. The van der Waals surface area contributed by atoms with E-state index in [4.69, 9.17) is 4.42 Å². The molecule has 7 nitrogen and oxygen atoms in total. The Kier molecular flexibility index (Phi) is 9.41. The van der Waals surface area contributed by atoms with E-state index in [0.717, 1.165) is 37.8 Å². The van der Waals surface area contributed by atoms with Crippen molar-refractivity contribution in [3.05, 3.63) is 54.0 Å². The molecule has 0 unspecified atom stereocenters. The van der Waals surface area contributed by atoms with Gasteiger partial charge in [-0.3, -0.25) is 4.79 Å². The second kappa shape index (κ2) is 12.0. The van der Waals surface area contributed by atoms with Gasteiger partial charge in [0.15, 0.2) is 11.7 Å². The Morgan fingerprint density at radius 3 is 2.33 bits per heavy atom. The third kappa shape index (κ3) is 7.55. The fourth-order valence-electron chi connectivity index (χ4n) is 3.29. The summed E-state index contributed by atoms with van der Waals surface area (Å²) in [6.07, 6.45) is 4.87. The molecule has 4 N–H and O–H groups in total. The first-order chi connectivity index (χ1) is 14.5. The van der Waals surface area contributed by atoms with Crippen molar-refractivity contribution in [2.75, 3.05) is 18.4 Å². The molecule has 1 heterocycles. The van der Waals surface area contributed by atoms with Crippen LogP contribution in [0.15, 0.2) is 52.1 Å². The first-order valence-electron chi connectivity index (χ1n) is 10.7. The minimum absolute atomic E-state index is 0.274. The lowest BCUT2D eigenvalue weighted by molar-refractivity contribution is 0.0257. The number of rotatable bonds is 11. The number of aliphatic hydroxyl groups is 1. The summed E-state index contributed by atoms with van der Waals surface area (Å²) in [6.45, 7) is 7.88. The summed E-state index contributed by atoms with van der Waals surface area (Å²) >= 11 is 0. The quantitative estimate of drug-likeness (QED) is 0.330. The molecule has 0 saturated heterocycles. The Bertz CT molecular complexity index is 779. The molecule has 0 bridgehead atoms. The van der Waals surface area contributed by atoms with Crippen molar-refractivity contribution in [1.29, 1.82) is 0 Å². The van der Waals surface area contributed by atoms with E-state index in [1.807, 2.05) is 31.2 Å². The first kappa shape index (κ1) is 23.5. The molecule has 0 atom stereocenters. The van der Waals surface area contributed by atoms with Gasteiger partial charge in [-0.2, -0.15) is 0 Å². The van der Waals surface area contributed by atoms with Gasteiger partial charge in [0.05, 0.1) is 18.4 Å². The number of benzene rings is 1. The van der Waals surface area contributed by atoms with Gasteiger partial charge in [0, 0.05) is 18.8 Å². The molecule has 164 valence electrons. The Morgan fingerprint density at radius 1 is 1.07 bits per heavy atom. The van der Waals surface area contributed by atoms with Gasteiger partial charge in [-0.1, -0.05) is 38.8 Å². The van der Waals surface area contributed by atoms with Crippen molar-refractivity contribution in [2.24, 2.45) is 4.99 Å². The molecule has 1 amide bonds. The van der Waals surface area contributed by atoms with Gasteiger partial charge in [0.1, 0.15) is 0 Å². The predicted molar refractivity (Wildman–Crippen MR) is 121 cm³/mol. The largest absolute Gasteiger partial charge is 0.459 e. The van der Waals surface area contributed by atoms with Crippen LogP contribution in [0.4, 0.5) is 5.69 Å². The predicted octanol–water partition coefficient (Wildman–Crippen LogP) is 3.92. The van der Waals surface area contributed by atoms with E-state index in [2.05, 4.69) is 34.8 Å². The van der Waals surface area contributed by atoms with Crippen LogP contribution in [0.3, 0.4) is 0 Å². The van der Waals surface area contributed by atoms with Crippen LogP contribution < -0.4 is 16.0 Å². The molecule has 0 aliphatic heterocycles. The molecule has 0 fully saturated rings. The van der Waals surface area contributed by atoms with Crippen molar-refractivity contribution in [2.45, 2.75) is 58.6 Å². The number of aliphatic imine (C=N–C) groups is 1. The number of furan rings is 1. The van der Waals surface area contributed by atoms with Crippen molar-refractivity contribution >= 4 is 17.6 Å². The van der Waals surface area contributed by atoms with E-state index in [1.54, 1.807) is 12.1 Å². The molecule has 2 rings (SSSR count). The highest BCUT2D eigenvalue weighted by atomic mass is 16.3. The monoisotopic (exact) mass is 414 g/mol. The summed E-state index contributed by atoms with van der Waals surface area (Å²) in [4.78, 5) is 16.6. The van der Waals surface area contributed by atoms with Crippen LogP contribution in [0, 0.1) is 0 Å². The fourth-order valence-corrected chi connectivity index (χ4v) is 3.29. The highest BCUT2D eigenvalue weighted by molar-refractivity contribution is 6.02. The molecular formula is C23H34N4O3. The van der Waals surface area contributed by atoms with E-state index >= 15 is 0 Å². The number of guanidine groups is 1. The van der Waals surface area contributed by atoms with Gasteiger partial charge < -0.3 is 25.5 Å². The van der Waals surface area contributed by atoms with Gasteiger partial charge >= 0.3 is 0 Å². The highest BCUT2D eigenvalue weighted by Gasteiger charge is 2.24. The topological polar surface area (TPSA) is 98.9 Å². The molecule has 0 radical (unpaired) electrons. The van der Waals surface area contributed by atoms with Crippen molar-refractivity contribution < 1.29 is 14.3 Å². The summed E-state index contributed by atoms with van der Waals surface area (Å²) in [6, 6.07) is 10.8. The standard InChI is InChI=1S/C23H34N4O3/c1-4-13-23(29,14-5-2)17-26-22(24-6-3)25-16-18-9-11-19(12-10-18)27-21(28)20-8-7-15-30-20/h7-12,15,29H,4-6,13-14,16-17H2,1-3H3,(H,27,28)(H2,24,25,26). The molecule has 2 aromatic rings. The highest BCUT2D eigenvalue weighted by Crippen LogP contribution is 2.18. The van der Waals surface area contributed by atoms with Crippen LogP contribution >= 0.6 is 0 Å². The van der Waals surface area contributed by atoms with Gasteiger partial charge in [-0.05, 0) is 49.6 Å². The molecule has 30 heavy (non-hydrogen) atoms. The second-order valence-electron chi connectivity index (χ2n) is 7.40. The molecule has 7 heteroatoms. The van der Waals surface area contributed by atoms with Crippen LogP contribution in [-0.2, 0) is 6.54 Å². The Hall–Kier alpha value is -2.80. The second-order valence-corrected chi connectivity index (χ2v) is 7.40. The maximum absolute atomic E-state index is 12.0. The number of hydrogen-bond acceptors (Lipinski definition) is 4. The van der Waals surface area contributed by atoms with Crippen LogP contribution in [-0.4, -0.2) is 35.7 Å². The fraction of sp³-hybridized carbons (Fsp3) is 0.478. The van der Waals surface area contributed by atoms with E-state index in [1.165, 1.54) is 6.26 Å². The number of nitrogens with zero attached hydrogens (tertiary/aromatic N) is 1. The van der Waals surface area contributed by atoms with Gasteiger partial charge in [-0.15, -0.1) is 0 Å². The third-order valence-electron chi connectivity index (χ3n) is 4.74. The van der Waals surface area contributed by atoms with Crippen molar-refractivity contribution in [1.82, 2.24) is 10.6 Å². The van der Waals surface area contributed by atoms with Crippen molar-refractivity contribution in [3.8, 4) is 0 Å². The minimum atomic E-state index is -0.715. The number of anilines is 1. The molecule has 0 aliphatic rings. The van der Waals surface area contributed by atoms with E-state index in [-0.39, 0.29) is 11.7 Å². The zero-order valence-corrected chi connectivity index (χ0v) is 18.2. The van der Waals surface area contributed by atoms with E-state index in [9.17, 15) is 9.90 Å². The molecule has 0 saturated carbocycles. The van der Waals surface area contributed by atoms with Crippen molar-refractivity contribution in [3.63, 3.8) is 0 Å². The summed E-state index contributed by atoms with van der Waals surface area (Å²) in [5, 5.41) is 20.1. The maximum Gasteiger partial charge on any atom is 0.291 e. The molecular weight excluding hydrogens is 380 g/mol. The maximum atomic E-state index is 12.0. The number of nitrogens with one attached hydrogen (secondary N) is 3. The molecule has 1 aromatic carbocycles. The zero-order valence-electron chi connectivity index (χ0n) is 18.2. The normalized spacial score (nSPS) is 11.9. The Balaban J connectivity index is 1.94. The lowest BCUT2D eigenvalue weighted by Gasteiger charge is -2.28. The van der Waals surface area contributed by atoms with E-state index in [0.29, 0.717) is 24.7 Å². The SMILES string of the molecule is CCCC(O)(CCC)CNC(=NCc1ccc(NC(=O)c2ccco2)cc1)NCC. The minimum Gasteiger partial charge on any atom is -0.459 e. The third-order valence-corrected chi connectivity index (χ3v) is 4.74. The van der Waals surface area contributed by atoms with Crippen LogP contribution in [0.2, 0.25) is 0 Å². The Morgan fingerprint density at radius 2 is 1.77 bits per heavy atom. The number of amides is 1. The lowest BCUT2D eigenvalue weighted by Crippen LogP contribution is -2.47. The van der Waals surface area contributed by atoms with Crippen LogP contribution in [0.1, 0.15) is 62.6 Å². The molecule has 0 spiro atoms. The number of carbonyl (C=O) groups is 1. The Labute approximate surface area is 179 Å². The van der Waals surface area contributed by atoms with Gasteiger partial charge in [-0.25, -0.2) is 4.99 Å². The van der Waals surface area contributed by atoms with Crippen LogP contribution in [0.5, 0.6) is 0 Å². The number of carbonyl (C=O) groups excluding carboxylic acids is 1. The van der Waals surface area contributed by atoms with Gasteiger partial charge in [0.2, 0.25) is 0 Å².